The van der Waals surface area contributed by atoms with Crippen LogP contribution in [-0.2, 0) is 0 Å². The highest BCUT2D eigenvalue weighted by atomic mass is 32.2. The molecule has 1 fully saturated rings. The molecule has 7 nitrogen and oxygen atoms in total. The molecule has 170 valence electrons. The Morgan fingerprint density at radius 3 is 2.78 bits per heavy atom. The molecule has 3 aromatic rings. The van der Waals surface area contributed by atoms with Gasteiger partial charge in [0.1, 0.15) is 11.9 Å². The maximum absolute atomic E-state index is 14.4. The first-order valence-corrected chi connectivity index (χ1v) is 12.6. The van der Waals surface area contributed by atoms with E-state index in [0.717, 1.165) is 36.8 Å². The molecule has 0 aliphatic carbocycles. The molecule has 1 aromatic carbocycles. The first kappa shape index (κ1) is 22.7. The SMILES string of the molecule is CC=NC(=NC)N1CCC([C@H](C)Oc2nn3cc(-c4ccc(SC)cc4F)nc3s2)CC1. The Kier molecular flexibility index (Phi) is 7.10. The highest BCUT2D eigenvalue weighted by molar-refractivity contribution is 7.98. The average molecular weight is 475 g/mol. The number of rotatable bonds is 5. The van der Waals surface area contributed by atoms with Crippen molar-refractivity contribution >= 4 is 40.2 Å². The number of aromatic nitrogens is 3. The minimum Gasteiger partial charge on any atom is -0.466 e. The van der Waals surface area contributed by atoms with Crippen LogP contribution in [0, 0.1) is 11.7 Å². The molecule has 1 aliphatic rings. The van der Waals surface area contributed by atoms with Gasteiger partial charge in [-0.05, 0) is 68.4 Å². The van der Waals surface area contributed by atoms with Crippen molar-refractivity contribution < 1.29 is 9.13 Å². The zero-order valence-corrected chi connectivity index (χ0v) is 20.3. The van der Waals surface area contributed by atoms with E-state index in [2.05, 4.69) is 31.9 Å². The number of benzene rings is 1. The summed E-state index contributed by atoms with van der Waals surface area (Å²) in [5.41, 5.74) is 1.05. The van der Waals surface area contributed by atoms with Crippen molar-refractivity contribution in [1.82, 2.24) is 19.5 Å². The fourth-order valence-corrected chi connectivity index (χ4v) is 5.15. The third kappa shape index (κ3) is 4.80. The van der Waals surface area contributed by atoms with Gasteiger partial charge < -0.3 is 9.64 Å². The van der Waals surface area contributed by atoms with Crippen LogP contribution in [-0.4, -0.2) is 64.2 Å². The lowest BCUT2D eigenvalue weighted by Gasteiger charge is -2.34. The van der Waals surface area contributed by atoms with Crippen molar-refractivity contribution in [2.45, 2.75) is 37.7 Å². The number of halogens is 1. The van der Waals surface area contributed by atoms with Crippen LogP contribution in [0.5, 0.6) is 5.19 Å². The number of nitrogens with zero attached hydrogens (tertiary/aromatic N) is 6. The number of likely N-dealkylation sites (tertiary alicyclic amines) is 1. The average Bonchev–Trinajstić information content (AvgIpc) is 3.36. The minimum atomic E-state index is -0.278. The topological polar surface area (TPSA) is 67.4 Å². The van der Waals surface area contributed by atoms with E-state index in [-0.39, 0.29) is 11.9 Å². The molecule has 2 aromatic heterocycles. The molecule has 1 aliphatic heterocycles. The molecular formula is C22H27FN6OS2. The zero-order valence-electron chi connectivity index (χ0n) is 18.7. The van der Waals surface area contributed by atoms with Crippen LogP contribution in [0.4, 0.5) is 4.39 Å². The van der Waals surface area contributed by atoms with Crippen LogP contribution in [0.1, 0.15) is 26.7 Å². The van der Waals surface area contributed by atoms with Gasteiger partial charge in [-0.3, -0.25) is 4.99 Å². The molecule has 0 unspecified atom stereocenters. The van der Waals surface area contributed by atoms with Crippen molar-refractivity contribution in [2.75, 3.05) is 26.4 Å². The van der Waals surface area contributed by atoms with Crippen molar-refractivity contribution in [3.8, 4) is 16.5 Å². The van der Waals surface area contributed by atoms with Gasteiger partial charge in [-0.15, -0.1) is 16.9 Å². The predicted molar refractivity (Wildman–Crippen MR) is 130 cm³/mol. The summed E-state index contributed by atoms with van der Waals surface area (Å²) in [5, 5.41) is 5.10. The summed E-state index contributed by atoms with van der Waals surface area (Å²) in [6.07, 6.45) is 7.51. The van der Waals surface area contributed by atoms with Gasteiger partial charge in [0, 0.05) is 36.8 Å². The molecule has 0 amide bonds. The van der Waals surface area contributed by atoms with E-state index >= 15 is 0 Å². The summed E-state index contributed by atoms with van der Waals surface area (Å²) in [6.45, 7) is 5.82. The van der Waals surface area contributed by atoms with Crippen LogP contribution in [0.3, 0.4) is 0 Å². The third-order valence-corrected chi connectivity index (χ3v) is 7.23. The Bertz CT molecular complexity index is 1100. The molecule has 1 saturated heterocycles. The molecule has 0 spiro atoms. The number of imidazole rings is 1. The largest absolute Gasteiger partial charge is 0.466 e. The van der Waals surface area contributed by atoms with E-state index in [1.165, 1.54) is 29.2 Å². The zero-order chi connectivity index (χ0) is 22.7. The first-order chi connectivity index (χ1) is 15.5. The summed E-state index contributed by atoms with van der Waals surface area (Å²) in [5.74, 6) is 0.946. The predicted octanol–water partition coefficient (Wildman–Crippen LogP) is 4.87. The van der Waals surface area contributed by atoms with E-state index in [9.17, 15) is 4.39 Å². The molecule has 4 rings (SSSR count). The molecular weight excluding hydrogens is 447 g/mol. The number of piperidine rings is 1. The second-order valence-electron chi connectivity index (χ2n) is 7.63. The molecule has 0 radical (unpaired) electrons. The summed E-state index contributed by atoms with van der Waals surface area (Å²) < 4.78 is 22.3. The number of fused-ring (bicyclic) bond motifs is 1. The van der Waals surface area contributed by atoms with Crippen molar-refractivity contribution in [2.24, 2.45) is 15.9 Å². The van der Waals surface area contributed by atoms with E-state index in [1.54, 1.807) is 30.0 Å². The molecule has 0 bridgehead atoms. The van der Waals surface area contributed by atoms with Gasteiger partial charge in [0.15, 0.2) is 0 Å². The maximum Gasteiger partial charge on any atom is 0.294 e. The molecule has 0 N–H and O–H groups in total. The summed E-state index contributed by atoms with van der Waals surface area (Å²) in [6, 6.07) is 5.20. The Morgan fingerprint density at radius 2 is 2.16 bits per heavy atom. The van der Waals surface area contributed by atoms with Crippen molar-refractivity contribution in [3.05, 3.63) is 30.2 Å². The lowest BCUT2D eigenvalue weighted by atomic mass is 9.92. The lowest BCUT2D eigenvalue weighted by molar-refractivity contribution is 0.107. The van der Waals surface area contributed by atoms with Gasteiger partial charge in [-0.2, -0.15) is 0 Å². The van der Waals surface area contributed by atoms with Gasteiger partial charge in [-0.25, -0.2) is 18.9 Å². The number of hydrogen-bond acceptors (Lipinski definition) is 6. The first-order valence-electron chi connectivity index (χ1n) is 10.6. The number of thioether (sulfide) groups is 1. The lowest BCUT2D eigenvalue weighted by Crippen LogP contribution is -2.41. The molecule has 1 atom stereocenters. The van der Waals surface area contributed by atoms with Crippen LogP contribution < -0.4 is 4.74 Å². The van der Waals surface area contributed by atoms with Crippen LogP contribution in [0.15, 0.2) is 39.3 Å². The number of guanidine groups is 1. The highest BCUT2D eigenvalue weighted by Gasteiger charge is 2.27. The Balaban J connectivity index is 1.39. The van der Waals surface area contributed by atoms with Gasteiger partial charge in [-0.1, -0.05) is 0 Å². The number of ether oxygens (including phenoxy) is 1. The van der Waals surface area contributed by atoms with Crippen molar-refractivity contribution in [1.29, 1.82) is 0 Å². The van der Waals surface area contributed by atoms with E-state index in [4.69, 9.17) is 4.74 Å². The Morgan fingerprint density at radius 1 is 1.38 bits per heavy atom. The molecule has 32 heavy (non-hydrogen) atoms. The molecule has 0 saturated carbocycles. The number of hydrogen-bond donors (Lipinski definition) is 0. The summed E-state index contributed by atoms with van der Waals surface area (Å²) >= 11 is 2.89. The summed E-state index contributed by atoms with van der Waals surface area (Å²) in [7, 11) is 1.78. The van der Waals surface area contributed by atoms with Crippen LogP contribution in [0.2, 0.25) is 0 Å². The standard InChI is InChI=1S/C22H27FN6OS2/c1-5-25-20(24-3)28-10-8-15(9-11-28)14(2)30-22-27-29-13-19(26-21(29)32-22)17-7-6-16(31-4)12-18(17)23/h5-7,12-15H,8-11H2,1-4H3/t14-/m0/s1. The third-order valence-electron chi connectivity index (χ3n) is 5.69. The Labute approximate surface area is 195 Å². The van der Waals surface area contributed by atoms with Crippen molar-refractivity contribution in [3.63, 3.8) is 0 Å². The summed E-state index contributed by atoms with van der Waals surface area (Å²) in [4.78, 5) is 17.0. The molecule has 3 heterocycles. The van der Waals surface area contributed by atoms with E-state index < -0.39 is 0 Å². The van der Waals surface area contributed by atoms with Crippen LogP contribution >= 0.6 is 23.1 Å². The normalized spacial score (nSPS) is 16.9. The van der Waals surface area contributed by atoms with Gasteiger partial charge in [0.25, 0.3) is 5.19 Å². The van der Waals surface area contributed by atoms with E-state index in [0.29, 0.717) is 27.3 Å². The van der Waals surface area contributed by atoms with Crippen LogP contribution in [0.25, 0.3) is 16.2 Å². The second kappa shape index (κ2) is 9.99. The van der Waals surface area contributed by atoms with Gasteiger partial charge in [0.05, 0.1) is 11.9 Å². The fourth-order valence-electron chi connectivity index (χ4n) is 3.91. The minimum absolute atomic E-state index is 0.0423. The fraction of sp³-hybridized carbons (Fsp3) is 0.455. The second-order valence-corrected chi connectivity index (χ2v) is 9.42. The Hall–Kier alpha value is -2.46. The smallest absolute Gasteiger partial charge is 0.294 e. The highest BCUT2D eigenvalue weighted by Crippen LogP contribution is 2.31. The monoisotopic (exact) mass is 474 g/mol. The van der Waals surface area contributed by atoms with Gasteiger partial charge in [0.2, 0.25) is 10.9 Å². The molecule has 10 heteroatoms. The maximum atomic E-state index is 14.4. The quantitative estimate of drug-likeness (QED) is 0.300. The van der Waals surface area contributed by atoms with E-state index in [1.807, 2.05) is 19.2 Å². The van der Waals surface area contributed by atoms with Gasteiger partial charge >= 0.3 is 0 Å². The number of aliphatic imine (C=N–C) groups is 2.